The highest BCUT2D eigenvalue weighted by Gasteiger charge is 2.24. The van der Waals surface area contributed by atoms with E-state index in [4.69, 9.17) is 16.9 Å². The summed E-state index contributed by atoms with van der Waals surface area (Å²) < 4.78 is 0. The zero-order chi connectivity index (χ0) is 23.0. The number of halogens is 1. The number of carbonyl (C=O) groups is 2. The van der Waals surface area contributed by atoms with Gasteiger partial charge in [0.1, 0.15) is 5.56 Å². The molecule has 0 heterocycles. The van der Waals surface area contributed by atoms with E-state index in [1.165, 1.54) is 18.2 Å². The Morgan fingerprint density at radius 2 is 1.84 bits per heavy atom. The number of likely N-dealkylation sites (N-methyl/N-ethyl adjacent to an activating group) is 1. The molecule has 0 aliphatic heterocycles. The van der Waals surface area contributed by atoms with Gasteiger partial charge in [0, 0.05) is 25.7 Å². The van der Waals surface area contributed by atoms with Crippen molar-refractivity contribution in [2.45, 2.75) is 6.54 Å². The Bertz CT molecular complexity index is 1000. The minimum atomic E-state index is -0.795. The molecule has 0 radical (unpaired) electrons. The minimum Gasteiger partial charge on any atom is -0.343 e. The molecule has 10 heteroatoms. The summed E-state index contributed by atoms with van der Waals surface area (Å²) in [4.78, 5) is 39.3. The first kappa shape index (κ1) is 23.8. The van der Waals surface area contributed by atoms with E-state index >= 15 is 0 Å². The Morgan fingerprint density at radius 1 is 1.16 bits per heavy atom. The van der Waals surface area contributed by atoms with Crippen LogP contribution in [0.4, 0.5) is 5.69 Å². The van der Waals surface area contributed by atoms with Crippen molar-refractivity contribution in [2.75, 3.05) is 33.7 Å². The van der Waals surface area contributed by atoms with E-state index in [1.54, 1.807) is 29.2 Å². The van der Waals surface area contributed by atoms with Crippen molar-refractivity contribution in [1.29, 1.82) is 5.26 Å². The van der Waals surface area contributed by atoms with Crippen LogP contribution in [0.1, 0.15) is 21.5 Å². The van der Waals surface area contributed by atoms with Gasteiger partial charge in [0.15, 0.2) is 0 Å². The van der Waals surface area contributed by atoms with Gasteiger partial charge in [-0.15, -0.1) is 0 Å². The van der Waals surface area contributed by atoms with Gasteiger partial charge in [0.05, 0.1) is 28.1 Å². The fraction of sp³-hybridized carbons (Fsp3) is 0.286. The fourth-order valence-electron chi connectivity index (χ4n) is 2.76. The molecule has 0 aromatic heterocycles. The fourth-order valence-corrected chi connectivity index (χ4v) is 3.02. The molecule has 162 valence electrons. The predicted molar refractivity (Wildman–Crippen MR) is 116 cm³/mol. The second-order valence-electron chi connectivity index (χ2n) is 7.00. The lowest BCUT2D eigenvalue weighted by atomic mass is 10.1. The number of nitrogens with one attached hydrogen (secondary N) is 1. The number of rotatable bonds is 9. The van der Waals surface area contributed by atoms with Crippen molar-refractivity contribution in [3.05, 3.63) is 74.3 Å². The zero-order valence-electron chi connectivity index (χ0n) is 17.2. The van der Waals surface area contributed by atoms with Crippen molar-refractivity contribution in [3.8, 4) is 6.07 Å². The van der Waals surface area contributed by atoms with Crippen LogP contribution in [-0.4, -0.2) is 60.3 Å². The first-order valence-electron chi connectivity index (χ1n) is 9.35. The lowest BCUT2D eigenvalue weighted by Gasteiger charge is -2.25. The Labute approximate surface area is 185 Å². The quantitative estimate of drug-likeness (QED) is 0.469. The molecule has 9 nitrogen and oxygen atoms in total. The number of benzene rings is 2. The minimum absolute atomic E-state index is 0.0683. The van der Waals surface area contributed by atoms with Gasteiger partial charge in [-0.3, -0.25) is 19.7 Å². The Balaban J connectivity index is 2.11. The normalized spacial score (nSPS) is 10.4. The van der Waals surface area contributed by atoms with Gasteiger partial charge in [-0.25, -0.2) is 0 Å². The van der Waals surface area contributed by atoms with Crippen LogP contribution in [0.3, 0.4) is 0 Å². The molecule has 31 heavy (non-hydrogen) atoms. The molecule has 0 fully saturated rings. The van der Waals surface area contributed by atoms with E-state index in [0.29, 0.717) is 25.2 Å². The molecular weight excluding hydrogens is 422 g/mol. The van der Waals surface area contributed by atoms with E-state index in [-0.39, 0.29) is 23.0 Å². The smallest absolute Gasteiger partial charge is 0.283 e. The highest BCUT2D eigenvalue weighted by atomic mass is 35.5. The number of amides is 2. The third-order valence-electron chi connectivity index (χ3n) is 4.44. The molecule has 2 aromatic carbocycles. The average Bonchev–Trinajstić information content (AvgIpc) is 2.74. The molecule has 2 rings (SSSR count). The summed E-state index contributed by atoms with van der Waals surface area (Å²) in [6.07, 6.45) is 0. The van der Waals surface area contributed by atoms with Crippen molar-refractivity contribution in [1.82, 2.24) is 15.1 Å². The molecule has 0 atom stereocenters. The number of hydrogen-bond donors (Lipinski definition) is 1. The Kier molecular flexibility index (Phi) is 8.49. The largest absolute Gasteiger partial charge is 0.343 e. The topological polar surface area (TPSA) is 120 Å². The highest BCUT2D eigenvalue weighted by molar-refractivity contribution is 6.34. The van der Waals surface area contributed by atoms with E-state index in [0.717, 1.165) is 5.56 Å². The third kappa shape index (κ3) is 6.77. The maximum atomic E-state index is 12.8. The maximum Gasteiger partial charge on any atom is 0.283 e. The van der Waals surface area contributed by atoms with Gasteiger partial charge >= 0.3 is 0 Å². The zero-order valence-corrected chi connectivity index (χ0v) is 17.9. The molecule has 0 bridgehead atoms. The summed E-state index contributed by atoms with van der Waals surface area (Å²) >= 11 is 5.97. The van der Waals surface area contributed by atoms with Crippen LogP contribution in [0.2, 0.25) is 5.02 Å². The number of nitrogens with zero attached hydrogens (tertiary/aromatic N) is 4. The van der Waals surface area contributed by atoms with Crippen LogP contribution < -0.4 is 5.32 Å². The molecule has 0 unspecified atom stereocenters. The van der Waals surface area contributed by atoms with Crippen molar-refractivity contribution >= 4 is 29.1 Å². The molecule has 0 aliphatic rings. The molecule has 1 N–H and O–H groups in total. The summed E-state index contributed by atoms with van der Waals surface area (Å²) in [7, 11) is 3.76. The summed E-state index contributed by atoms with van der Waals surface area (Å²) in [5, 5.41) is 22.5. The standard InChI is InChI=1S/C21H22ClN5O4/c1-25(2)10-11-26(14-16-8-6-15(12-23)7-9-16)19(28)13-24-21(29)20-17(22)4-3-5-18(20)27(30)31/h3-9H,10-11,13-14H2,1-2H3,(H,24,29). The SMILES string of the molecule is CN(C)CCN(Cc1ccc(C#N)cc1)C(=O)CNC(=O)c1c(Cl)cccc1[N+](=O)[O-]. The van der Waals surface area contributed by atoms with Crippen LogP contribution in [0.15, 0.2) is 42.5 Å². The van der Waals surface area contributed by atoms with E-state index < -0.39 is 16.5 Å². The summed E-state index contributed by atoms with van der Waals surface area (Å²) in [5.41, 5.74) is 0.635. The monoisotopic (exact) mass is 443 g/mol. The number of nitro benzene ring substituents is 1. The Morgan fingerprint density at radius 3 is 2.42 bits per heavy atom. The van der Waals surface area contributed by atoms with Crippen LogP contribution >= 0.6 is 11.6 Å². The second kappa shape index (κ2) is 11.1. The van der Waals surface area contributed by atoms with Gasteiger partial charge < -0.3 is 15.1 Å². The van der Waals surface area contributed by atoms with E-state index in [9.17, 15) is 19.7 Å². The first-order valence-corrected chi connectivity index (χ1v) is 9.73. The van der Waals surface area contributed by atoms with Gasteiger partial charge in [-0.1, -0.05) is 29.8 Å². The van der Waals surface area contributed by atoms with Crippen LogP contribution in [0.5, 0.6) is 0 Å². The first-order chi connectivity index (χ1) is 14.7. The average molecular weight is 444 g/mol. The van der Waals surface area contributed by atoms with Gasteiger partial charge in [-0.05, 0) is 37.9 Å². The third-order valence-corrected chi connectivity index (χ3v) is 4.76. The number of carbonyl (C=O) groups excluding carboxylic acids is 2. The second-order valence-corrected chi connectivity index (χ2v) is 7.41. The van der Waals surface area contributed by atoms with Crippen LogP contribution in [0, 0.1) is 21.4 Å². The molecule has 0 saturated carbocycles. The number of nitro groups is 1. The van der Waals surface area contributed by atoms with Crippen molar-refractivity contribution in [2.24, 2.45) is 0 Å². The number of nitriles is 1. The molecular formula is C21H22ClN5O4. The van der Waals surface area contributed by atoms with Crippen molar-refractivity contribution in [3.63, 3.8) is 0 Å². The predicted octanol–water partition coefficient (Wildman–Crippen LogP) is 2.44. The lowest BCUT2D eigenvalue weighted by Crippen LogP contribution is -2.42. The van der Waals surface area contributed by atoms with Gasteiger partial charge in [0.25, 0.3) is 11.6 Å². The lowest BCUT2D eigenvalue weighted by molar-refractivity contribution is -0.385. The highest BCUT2D eigenvalue weighted by Crippen LogP contribution is 2.25. The van der Waals surface area contributed by atoms with Crippen LogP contribution in [-0.2, 0) is 11.3 Å². The molecule has 0 spiro atoms. The molecule has 2 aromatic rings. The van der Waals surface area contributed by atoms with E-state index in [1.807, 2.05) is 25.1 Å². The maximum absolute atomic E-state index is 12.8. The summed E-state index contributed by atoms with van der Waals surface area (Å²) in [6.45, 7) is 0.964. The summed E-state index contributed by atoms with van der Waals surface area (Å²) in [6, 6.07) is 12.8. The molecule has 0 aliphatic carbocycles. The van der Waals surface area contributed by atoms with Gasteiger partial charge in [-0.2, -0.15) is 5.26 Å². The number of hydrogen-bond acceptors (Lipinski definition) is 6. The van der Waals surface area contributed by atoms with Crippen LogP contribution in [0.25, 0.3) is 0 Å². The Hall–Kier alpha value is -3.48. The summed E-state index contributed by atoms with van der Waals surface area (Å²) in [5.74, 6) is -1.15. The molecule has 2 amide bonds. The van der Waals surface area contributed by atoms with Crippen molar-refractivity contribution < 1.29 is 14.5 Å². The van der Waals surface area contributed by atoms with Gasteiger partial charge in [0.2, 0.25) is 5.91 Å². The molecule has 0 saturated heterocycles. The van der Waals surface area contributed by atoms with E-state index in [2.05, 4.69) is 5.32 Å².